The molecule has 2 heterocycles. The Bertz CT molecular complexity index is 424. The summed E-state index contributed by atoms with van der Waals surface area (Å²) in [6, 6.07) is 0. The molecule has 0 aliphatic carbocycles. The van der Waals surface area contributed by atoms with E-state index in [9.17, 15) is 13.2 Å². The normalized spacial score (nSPS) is 24.3. The van der Waals surface area contributed by atoms with Crippen LogP contribution in [-0.4, -0.2) is 54.9 Å². The van der Waals surface area contributed by atoms with E-state index in [1.807, 2.05) is 19.0 Å². The van der Waals surface area contributed by atoms with Crippen molar-refractivity contribution in [1.82, 2.24) is 20.4 Å². The molecule has 1 aliphatic rings. The zero-order chi connectivity index (χ0) is 14.1. The first-order valence-corrected chi connectivity index (χ1v) is 6.10. The van der Waals surface area contributed by atoms with Crippen LogP contribution in [0.5, 0.6) is 0 Å². The third-order valence-electron chi connectivity index (χ3n) is 3.36. The molecular formula is C11H17F3N4O. The fraction of sp³-hybridized carbons (Fsp3) is 0.818. The fourth-order valence-electron chi connectivity index (χ4n) is 2.11. The van der Waals surface area contributed by atoms with Gasteiger partial charge in [0, 0.05) is 19.5 Å². The molecule has 0 aromatic carbocycles. The lowest BCUT2D eigenvalue weighted by molar-refractivity contribution is -0.191. The lowest BCUT2D eigenvalue weighted by Crippen LogP contribution is -2.44. The lowest BCUT2D eigenvalue weighted by Gasteiger charge is -2.26. The van der Waals surface area contributed by atoms with Gasteiger partial charge in [-0.3, -0.25) is 0 Å². The van der Waals surface area contributed by atoms with Crippen molar-refractivity contribution in [3.63, 3.8) is 0 Å². The summed E-state index contributed by atoms with van der Waals surface area (Å²) >= 11 is 0. The number of hydrogen-bond acceptors (Lipinski definition) is 5. The van der Waals surface area contributed by atoms with Crippen LogP contribution in [0.15, 0.2) is 4.52 Å². The summed E-state index contributed by atoms with van der Waals surface area (Å²) in [5, 5.41) is 6.37. The van der Waals surface area contributed by atoms with Crippen LogP contribution >= 0.6 is 0 Å². The van der Waals surface area contributed by atoms with Crippen molar-refractivity contribution in [2.24, 2.45) is 0 Å². The van der Waals surface area contributed by atoms with E-state index in [4.69, 9.17) is 4.52 Å². The molecule has 1 aromatic rings. The van der Waals surface area contributed by atoms with Gasteiger partial charge in [0.15, 0.2) is 11.2 Å². The number of nitrogens with zero attached hydrogens (tertiary/aromatic N) is 3. The van der Waals surface area contributed by atoms with E-state index in [2.05, 4.69) is 15.5 Å². The summed E-state index contributed by atoms with van der Waals surface area (Å²) in [5.74, 6) is -0.00187. The second-order valence-electron chi connectivity index (χ2n) is 5.08. The summed E-state index contributed by atoms with van der Waals surface area (Å²) in [7, 11) is 3.75. The van der Waals surface area contributed by atoms with Gasteiger partial charge in [-0.2, -0.15) is 18.2 Å². The fourth-order valence-corrected chi connectivity index (χ4v) is 2.11. The van der Waals surface area contributed by atoms with Crippen molar-refractivity contribution < 1.29 is 17.7 Å². The Kier molecular flexibility index (Phi) is 3.82. The van der Waals surface area contributed by atoms with E-state index in [0.29, 0.717) is 25.3 Å². The highest BCUT2D eigenvalue weighted by atomic mass is 19.4. The van der Waals surface area contributed by atoms with Crippen LogP contribution < -0.4 is 5.32 Å². The van der Waals surface area contributed by atoms with E-state index in [-0.39, 0.29) is 18.9 Å². The Morgan fingerprint density at radius 1 is 1.42 bits per heavy atom. The highest BCUT2D eigenvalue weighted by Gasteiger charge is 2.61. The monoisotopic (exact) mass is 278 g/mol. The van der Waals surface area contributed by atoms with Crippen LogP contribution in [0.4, 0.5) is 13.2 Å². The Morgan fingerprint density at radius 2 is 2.16 bits per heavy atom. The number of halogens is 3. The van der Waals surface area contributed by atoms with Crippen LogP contribution in [-0.2, 0) is 11.8 Å². The molecule has 19 heavy (non-hydrogen) atoms. The first-order chi connectivity index (χ1) is 8.85. The maximum Gasteiger partial charge on any atom is 0.404 e. The smallest absolute Gasteiger partial charge is 0.338 e. The largest absolute Gasteiger partial charge is 0.404 e. The molecule has 5 nitrogen and oxygen atoms in total. The standard InChI is InChI=1S/C11H17F3N4O/c1-18(2)6-3-8-16-9(19-17-8)10(11(12,13)14)4-5-15-7-10/h15H,3-7H2,1-2H3. The molecule has 0 amide bonds. The summed E-state index contributed by atoms with van der Waals surface area (Å²) in [6.07, 6.45) is -3.98. The third-order valence-corrected chi connectivity index (χ3v) is 3.36. The lowest BCUT2D eigenvalue weighted by atomic mass is 9.86. The molecule has 108 valence electrons. The highest BCUT2D eigenvalue weighted by Crippen LogP contribution is 2.44. The number of alkyl halides is 3. The second-order valence-corrected chi connectivity index (χ2v) is 5.08. The van der Waals surface area contributed by atoms with Gasteiger partial charge in [0.2, 0.25) is 5.89 Å². The van der Waals surface area contributed by atoms with Crippen LogP contribution in [0.1, 0.15) is 18.1 Å². The molecule has 0 radical (unpaired) electrons. The topological polar surface area (TPSA) is 54.2 Å². The Hall–Kier alpha value is -1.15. The number of rotatable bonds is 4. The third kappa shape index (κ3) is 2.74. The van der Waals surface area contributed by atoms with E-state index < -0.39 is 11.6 Å². The molecule has 1 N–H and O–H groups in total. The number of aromatic nitrogens is 2. The van der Waals surface area contributed by atoms with Gasteiger partial charge >= 0.3 is 6.18 Å². The molecule has 1 atom stereocenters. The Labute approximate surface area is 109 Å². The van der Waals surface area contributed by atoms with Crippen LogP contribution in [0.3, 0.4) is 0 Å². The molecule has 0 spiro atoms. The van der Waals surface area contributed by atoms with Crippen LogP contribution in [0, 0.1) is 0 Å². The van der Waals surface area contributed by atoms with Crippen molar-refractivity contribution in [3.8, 4) is 0 Å². The average Bonchev–Trinajstić information content (AvgIpc) is 2.94. The first kappa shape index (κ1) is 14.3. The van der Waals surface area contributed by atoms with E-state index in [0.717, 1.165) is 0 Å². The minimum absolute atomic E-state index is 0.0637. The van der Waals surface area contributed by atoms with Crippen molar-refractivity contribution in [1.29, 1.82) is 0 Å². The van der Waals surface area contributed by atoms with E-state index >= 15 is 0 Å². The molecule has 1 aromatic heterocycles. The molecular weight excluding hydrogens is 261 g/mol. The van der Waals surface area contributed by atoms with Gasteiger partial charge in [-0.05, 0) is 27.1 Å². The van der Waals surface area contributed by atoms with Gasteiger partial charge in [0.1, 0.15) is 0 Å². The number of nitrogens with one attached hydrogen (secondary N) is 1. The summed E-state index contributed by atoms with van der Waals surface area (Å²) in [4.78, 5) is 5.85. The Balaban J connectivity index is 2.20. The zero-order valence-corrected chi connectivity index (χ0v) is 10.9. The molecule has 0 saturated carbocycles. The van der Waals surface area contributed by atoms with Crippen molar-refractivity contribution in [3.05, 3.63) is 11.7 Å². The zero-order valence-electron chi connectivity index (χ0n) is 10.9. The minimum Gasteiger partial charge on any atom is -0.338 e. The van der Waals surface area contributed by atoms with Crippen molar-refractivity contribution in [2.45, 2.75) is 24.4 Å². The molecule has 1 fully saturated rings. The van der Waals surface area contributed by atoms with Crippen molar-refractivity contribution >= 4 is 0 Å². The van der Waals surface area contributed by atoms with Crippen molar-refractivity contribution in [2.75, 3.05) is 33.7 Å². The van der Waals surface area contributed by atoms with Crippen LogP contribution in [0.25, 0.3) is 0 Å². The van der Waals surface area contributed by atoms with Gasteiger partial charge < -0.3 is 14.7 Å². The highest BCUT2D eigenvalue weighted by molar-refractivity contribution is 5.14. The van der Waals surface area contributed by atoms with E-state index in [1.54, 1.807) is 0 Å². The van der Waals surface area contributed by atoms with Gasteiger partial charge in [0.25, 0.3) is 0 Å². The molecule has 1 saturated heterocycles. The number of likely N-dealkylation sites (N-methyl/N-ethyl adjacent to an activating group) is 1. The molecule has 8 heteroatoms. The first-order valence-electron chi connectivity index (χ1n) is 6.10. The minimum atomic E-state index is -4.39. The number of hydrogen-bond donors (Lipinski definition) is 1. The van der Waals surface area contributed by atoms with Gasteiger partial charge in [-0.1, -0.05) is 5.16 Å². The molecule has 1 unspecified atom stereocenters. The predicted molar refractivity (Wildman–Crippen MR) is 61.8 cm³/mol. The predicted octanol–water partition coefficient (Wildman–Crippen LogP) is 0.967. The average molecular weight is 278 g/mol. The summed E-state index contributed by atoms with van der Waals surface area (Å²) < 4.78 is 44.6. The van der Waals surface area contributed by atoms with E-state index in [1.165, 1.54) is 0 Å². The summed E-state index contributed by atoms with van der Waals surface area (Å²) in [6.45, 7) is 0.761. The summed E-state index contributed by atoms with van der Waals surface area (Å²) in [5.41, 5.74) is -2.03. The SMILES string of the molecule is CN(C)CCc1noc(C2(C(F)(F)F)CCNC2)n1. The van der Waals surface area contributed by atoms with Gasteiger partial charge in [-0.15, -0.1) is 0 Å². The maximum atomic E-state index is 13.2. The van der Waals surface area contributed by atoms with Gasteiger partial charge in [-0.25, -0.2) is 0 Å². The molecule has 0 bridgehead atoms. The maximum absolute atomic E-state index is 13.2. The second kappa shape index (κ2) is 5.09. The Morgan fingerprint density at radius 3 is 2.68 bits per heavy atom. The quantitative estimate of drug-likeness (QED) is 0.889. The molecule has 1 aliphatic heterocycles. The van der Waals surface area contributed by atoms with Crippen LogP contribution in [0.2, 0.25) is 0 Å². The molecule has 2 rings (SSSR count). The van der Waals surface area contributed by atoms with Gasteiger partial charge in [0.05, 0.1) is 0 Å².